The molecule has 0 saturated heterocycles. The van der Waals surface area contributed by atoms with Gasteiger partial charge in [0, 0.05) is 23.6 Å². The Balaban J connectivity index is 2.19. The van der Waals surface area contributed by atoms with Crippen molar-refractivity contribution in [3.8, 4) is 5.75 Å². The van der Waals surface area contributed by atoms with Gasteiger partial charge in [0.05, 0.1) is 0 Å². The fourth-order valence-corrected chi connectivity index (χ4v) is 3.03. The summed E-state index contributed by atoms with van der Waals surface area (Å²) in [6, 6.07) is 11.8. The van der Waals surface area contributed by atoms with E-state index in [9.17, 15) is 9.59 Å². The van der Waals surface area contributed by atoms with Crippen LogP contribution in [0.15, 0.2) is 42.5 Å². The minimum Gasteiger partial charge on any atom is -0.484 e. The summed E-state index contributed by atoms with van der Waals surface area (Å²) in [5.74, 6) is 0.0348. The zero-order valence-electron chi connectivity index (χ0n) is 15.5. The summed E-state index contributed by atoms with van der Waals surface area (Å²) < 4.78 is 5.65. The molecule has 1 atom stereocenters. The van der Waals surface area contributed by atoms with Crippen molar-refractivity contribution < 1.29 is 14.3 Å². The third-order valence-corrected chi connectivity index (χ3v) is 4.80. The molecule has 2 aromatic rings. The SMILES string of the molecule is CNC(=O)[C@H](C)N(Cc1ccc(Cl)cc1Cl)C(=O)COc1ccccc1C. The molecule has 0 aromatic heterocycles. The number of carbonyl (C=O) groups excluding carboxylic acids is 2. The lowest BCUT2D eigenvalue weighted by Gasteiger charge is -2.28. The number of para-hydroxylation sites is 1. The fraction of sp³-hybridized carbons (Fsp3) is 0.300. The largest absolute Gasteiger partial charge is 0.484 e. The second-order valence-corrected chi connectivity index (χ2v) is 6.95. The number of nitrogens with one attached hydrogen (secondary N) is 1. The molecule has 7 heteroatoms. The molecule has 144 valence electrons. The van der Waals surface area contributed by atoms with E-state index in [-0.39, 0.29) is 25.0 Å². The maximum absolute atomic E-state index is 12.8. The highest BCUT2D eigenvalue weighted by Crippen LogP contribution is 2.23. The molecule has 0 heterocycles. The first kappa shape index (κ1) is 21.1. The molecule has 2 rings (SSSR count). The Morgan fingerprint density at radius 1 is 1.19 bits per heavy atom. The monoisotopic (exact) mass is 408 g/mol. The number of amides is 2. The summed E-state index contributed by atoms with van der Waals surface area (Å²) in [7, 11) is 1.53. The normalized spacial score (nSPS) is 11.6. The molecule has 0 unspecified atom stereocenters. The second kappa shape index (κ2) is 9.62. The van der Waals surface area contributed by atoms with Gasteiger partial charge < -0.3 is 15.0 Å². The highest BCUT2D eigenvalue weighted by molar-refractivity contribution is 6.35. The van der Waals surface area contributed by atoms with Crippen LogP contribution in [0.4, 0.5) is 0 Å². The van der Waals surface area contributed by atoms with Crippen LogP contribution in [-0.2, 0) is 16.1 Å². The predicted octanol–water partition coefficient (Wildman–Crippen LogP) is 3.84. The van der Waals surface area contributed by atoms with Gasteiger partial charge in [0.15, 0.2) is 6.61 Å². The predicted molar refractivity (Wildman–Crippen MR) is 107 cm³/mol. The van der Waals surface area contributed by atoms with Crippen LogP contribution >= 0.6 is 23.2 Å². The van der Waals surface area contributed by atoms with Crippen molar-refractivity contribution in [2.45, 2.75) is 26.4 Å². The van der Waals surface area contributed by atoms with E-state index in [1.807, 2.05) is 25.1 Å². The van der Waals surface area contributed by atoms with Crippen LogP contribution in [0.1, 0.15) is 18.1 Å². The van der Waals surface area contributed by atoms with Gasteiger partial charge in [0.1, 0.15) is 11.8 Å². The van der Waals surface area contributed by atoms with E-state index in [2.05, 4.69) is 5.32 Å². The minimum atomic E-state index is -0.685. The number of benzene rings is 2. The number of halogens is 2. The van der Waals surface area contributed by atoms with E-state index in [0.717, 1.165) is 5.56 Å². The lowest BCUT2D eigenvalue weighted by Crippen LogP contribution is -2.48. The number of nitrogens with zero attached hydrogens (tertiary/aromatic N) is 1. The van der Waals surface area contributed by atoms with Gasteiger partial charge in [-0.05, 0) is 43.2 Å². The van der Waals surface area contributed by atoms with Gasteiger partial charge in [0.2, 0.25) is 5.91 Å². The molecule has 0 radical (unpaired) electrons. The van der Waals surface area contributed by atoms with Gasteiger partial charge in [-0.2, -0.15) is 0 Å². The van der Waals surface area contributed by atoms with Crippen LogP contribution in [0, 0.1) is 6.92 Å². The molecule has 27 heavy (non-hydrogen) atoms. The standard InChI is InChI=1S/C20H22Cl2N2O3/c1-13-6-4-5-7-18(13)27-12-19(25)24(14(2)20(26)23-3)11-15-8-9-16(21)10-17(15)22/h4-10,14H,11-12H2,1-3H3,(H,23,26)/t14-/m0/s1. The van der Waals surface area contributed by atoms with E-state index in [1.165, 1.54) is 11.9 Å². The number of hydrogen-bond donors (Lipinski definition) is 1. The number of rotatable bonds is 7. The maximum atomic E-state index is 12.8. The highest BCUT2D eigenvalue weighted by Gasteiger charge is 2.26. The highest BCUT2D eigenvalue weighted by atomic mass is 35.5. The van der Waals surface area contributed by atoms with Crippen LogP contribution in [0.25, 0.3) is 0 Å². The number of likely N-dealkylation sites (N-methyl/N-ethyl adjacent to an activating group) is 1. The van der Waals surface area contributed by atoms with Gasteiger partial charge in [-0.1, -0.05) is 47.5 Å². The van der Waals surface area contributed by atoms with Gasteiger partial charge >= 0.3 is 0 Å². The van der Waals surface area contributed by atoms with Gasteiger partial charge in [-0.25, -0.2) is 0 Å². The molecule has 0 saturated carbocycles. The smallest absolute Gasteiger partial charge is 0.261 e. The van der Waals surface area contributed by atoms with E-state index in [1.54, 1.807) is 31.2 Å². The summed E-state index contributed by atoms with van der Waals surface area (Å²) in [5.41, 5.74) is 1.62. The van der Waals surface area contributed by atoms with Gasteiger partial charge in [0.25, 0.3) is 5.91 Å². The second-order valence-electron chi connectivity index (χ2n) is 6.10. The zero-order valence-corrected chi connectivity index (χ0v) is 17.0. The van der Waals surface area contributed by atoms with Crippen molar-refractivity contribution >= 4 is 35.0 Å². The molecule has 2 aromatic carbocycles. The molecule has 0 spiro atoms. The average Bonchev–Trinajstić information content (AvgIpc) is 2.65. The van der Waals surface area contributed by atoms with Crippen molar-refractivity contribution in [2.75, 3.05) is 13.7 Å². The molecule has 0 bridgehead atoms. The van der Waals surface area contributed by atoms with Crippen molar-refractivity contribution in [2.24, 2.45) is 0 Å². The number of hydrogen-bond acceptors (Lipinski definition) is 3. The molecular formula is C20H22Cl2N2O3. The Morgan fingerprint density at radius 3 is 2.52 bits per heavy atom. The van der Waals surface area contributed by atoms with E-state index in [4.69, 9.17) is 27.9 Å². The van der Waals surface area contributed by atoms with Crippen molar-refractivity contribution in [1.29, 1.82) is 0 Å². The van der Waals surface area contributed by atoms with Crippen LogP contribution in [0.3, 0.4) is 0 Å². The van der Waals surface area contributed by atoms with E-state index < -0.39 is 6.04 Å². The number of aryl methyl sites for hydroxylation is 1. The third-order valence-electron chi connectivity index (χ3n) is 4.21. The summed E-state index contributed by atoms with van der Waals surface area (Å²) in [5, 5.41) is 3.50. The fourth-order valence-electron chi connectivity index (χ4n) is 2.57. The Hall–Kier alpha value is -2.24. The first-order valence-electron chi connectivity index (χ1n) is 8.47. The summed E-state index contributed by atoms with van der Waals surface area (Å²) >= 11 is 12.2. The Morgan fingerprint density at radius 2 is 1.89 bits per heavy atom. The van der Waals surface area contributed by atoms with Crippen LogP contribution in [-0.4, -0.2) is 36.4 Å². The van der Waals surface area contributed by atoms with Crippen LogP contribution in [0.5, 0.6) is 5.75 Å². The van der Waals surface area contributed by atoms with Crippen molar-refractivity contribution in [3.63, 3.8) is 0 Å². The van der Waals surface area contributed by atoms with Crippen molar-refractivity contribution in [1.82, 2.24) is 10.2 Å². The first-order valence-corrected chi connectivity index (χ1v) is 9.22. The molecular weight excluding hydrogens is 387 g/mol. The lowest BCUT2D eigenvalue weighted by molar-refractivity contribution is -0.142. The van der Waals surface area contributed by atoms with E-state index in [0.29, 0.717) is 21.4 Å². The zero-order chi connectivity index (χ0) is 20.0. The number of ether oxygens (including phenoxy) is 1. The molecule has 0 aliphatic rings. The molecule has 0 aliphatic carbocycles. The summed E-state index contributed by atoms with van der Waals surface area (Å²) in [4.78, 5) is 26.4. The van der Waals surface area contributed by atoms with Crippen LogP contribution in [0.2, 0.25) is 10.0 Å². The quantitative estimate of drug-likeness (QED) is 0.756. The van der Waals surface area contributed by atoms with E-state index >= 15 is 0 Å². The summed E-state index contributed by atoms with van der Waals surface area (Å²) in [6.45, 7) is 3.55. The minimum absolute atomic E-state index is 0.167. The molecule has 0 fully saturated rings. The third kappa shape index (κ3) is 5.62. The Bertz CT molecular complexity index is 827. The molecule has 0 aliphatic heterocycles. The van der Waals surface area contributed by atoms with Gasteiger partial charge in [-0.15, -0.1) is 0 Å². The Kier molecular flexibility index (Phi) is 7.51. The molecule has 2 amide bonds. The lowest BCUT2D eigenvalue weighted by atomic mass is 10.1. The maximum Gasteiger partial charge on any atom is 0.261 e. The molecule has 1 N–H and O–H groups in total. The van der Waals surface area contributed by atoms with Crippen molar-refractivity contribution in [3.05, 3.63) is 63.6 Å². The number of carbonyl (C=O) groups is 2. The summed E-state index contributed by atoms with van der Waals surface area (Å²) in [6.07, 6.45) is 0. The molecule has 5 nitrogen and oxygen atoms in total. The first-order chi connectivity index (χ1) is 12.8. The van der Waals surface area contributed by atoms with Gasteiger partial charge in [-0.3, -0.25) is 9.59 Å². The Labute approximate surface area is 169 Å². The van der Waals surface area contributed by atoms with Crippen LogP contribution < -0.4 is 10.1 Å². The topological polar surface area (TPSA) is 58.6 Å². The average molecular weight is 409 g/mol.